The molecule has 3 rings (SSSR count). The Kier molecular flexibility index (Phi) is 4.57. The van der Waals surface area contributed by atoms with Crippen LogP contribution in [0.5, 0.6) is 0 Å². The summed E-state index contributed by atoms with van der Waals surface area (Å²) < 4.78 is 0. The summed E-state index contributed by atoms with van der Waals surface area (Å²) in [7, 11) is 0. The van der Waals surface area contributed by atoms with Crippen LogP contribution < -0.4 is 10.6 Å². The van der Waals surface area contributed by atoms with Crippen molar-refractivity contribution in [1.29, 1.82) is 0 Å². The summed E-state index contributed by atoms with van der Waals surface area (Å²) in [6.07, 6.45) is 2.47. The number of pyridine rings is 1. The third-order valence-electron chi connectivity index (χ3n) is 3.91. The van der Waals surface area contributed by atoms with Crippen molar-refractivity contribution in [1.82, 2.24) is 9.88 Å². The molecule has 0 aromatic carbocycles. The monoisotopic (exact) mass is 330 g/mol. The van der Waals surface area contributed by atoms with Crippen LogP contribution in [0.25, 0.3) is 0 Å². The summed E-state index contributed by atoms with van der Waals surface area (Å²) in [5.74, 6) is -0.448. The van der Waals surface area contributed by atoms with Gasteiger partial charge in [0.05, 0.1) is 5.56 Å². The Hall–Kier alpha value is -2.41. The highest BCUT2D eigenvalue weighted by Gasteiger charge is 2.21. The summed E-state index contributed by atoms with van der Waals surface area (Å²) in [5.41, 5.74) is 7.22. The van der Waals surface area contributed by atoms with E-state index in [0.717, 1.165) is 37.3 Å². The van der Waals surface area contributed by atoms with E-state index in [0.29, 0.717) is 6.54 Å². The van der Waals surface area contributed by atoms with E-state index in [-0.39, 0.29) is 11.6 Å². The zero-order chi connectivity index (χ0) is 16.2. The standard InChI is InChI=1S/C16H18N4O2S/c17-15(21)14-10-13(2-4-18-14)19-5-1-6-20(8-7-19)16(22)12-3-9-23-11-12/h2-4,9-11H,1,5-8H2,(H2,17,21). The lowest BCUT2D eigenvalue weighted by Crippen LogP contribution is -2.35. The number of thiophene rings is 1. The van der Waals surface area contributed by atoms with Gasteiger partial charge in [0.15, 0.2) is 0 Å². The Bertz CT molecular complexity index is 702. The molecule has 0 aliphatic carbocycles. The minimum absolute atomic E-state index is 0.0839. The van der Waals surface area contributed by atoms with E-state index in [2.05, 4.69) is 9.88 Å². The predicted octanol–water partition coefficient (Wildman–Crippen LogP) is 1.59. The fourth-order valence-electron chi connectivity index (χ4n) is 2.70. The third-order valence-corrected chi connectivity index (χ3v) is 4.60. The van der Waals surface area contributed by atoms with Gasteiger partial charge in [0.25, 0.3) is 11.8 Å². The zero-order valence-corrected chi connectivity index (χ0v) is 13.5. The first-order chi connectivity index (χ1) is 11.1. The van der Waals surface area contributed by atoms with Crippen LogP contribution in [0.4, 0.5) is 5.69 Å². The molecule has 2 aromatic rings. The maximum Gasteiger partial charge on any atom is 0.267 e. The van der Waals surface area contributed by atoms with Crippen LogP contribution in [0.15, 0.2) is 35.2 Å². The number of carbonyl (C=O) groups is 2. The Morgan fingerprint density at radius 3 is 2.78 bits per heavy atom. The largest absolute Gasteiger partial charge is 0.370 e. The number of carbonyl (C=O) groups excluding carboxylic acids is 2. The number of primary amides is 1. The van der Waals surface area contributed by atoms with Gasteiger partial charge in [-0.15, -0.1) is 0 Å². The second kappa shape index (κ2) is 6.78. The van der Waals surface area contributed by atoms with Crippen molar-refractivity contribution in [2.45, 2.75) is 6.42 Å². The van der Waals surface area contributed by atoms with Crippen molar-refractivity contribution in [2.24, 2.45) is 5.73 Å². The minimum atomic E-state index is -0.532. The smallest absolute Gasteiger partial charge is 0.267 e. The molecule has 1 aliphatic heterocycles. The highest BCUT2D eigenvalue weighted by atomic mass is 32.1. The lowest BCUT2D eigenvalue weighted by Gasteiger charge is -2.23. The van der Waals surface area contributed by atoms with Gasteiger partial charge in [-0.2, -0.15) is 11.3 Å². The molecule has 0 radical (unpaired) electrons. The molecule has 3 heterocycles. The van der Waals surface area contributed by atoms with Crippen molar-refractivity contribution < 1.29 is 9.59 Å². The lowest BCUT2D eigenvalue weighted by atomic mass is 10.2. The van der Waals surface area contributed by atoms with Crippen LogP contribution in [0, 0.1) is 0 Å². The van der Waals surface area contributed by atoms with Crippen molar-refractivity contribution in [2.75, 3.05) is 31.1 Å². The highest BCUT2D eigenvalue weighted by molar-refractivity contribution is 7.08. The lowest BCUT2D eigenvalue weighted by molar-refractivity contribution is 0.0767. The van der Waals surface area contributed by atoms with Crippen molar-refractivity contribution in [3.63, 3.8) is 0 Å². The first-order valence-corrected chi connectivity index (χ1v) is 8.42. The molecular weight excluding hydrogens is 312 g/mol. The zero-order valence-electron chi connectivity index (χ0n) is 12.6. The molecule has 0 atom stereocenters. The number of amides is 2. The van der Waals surface area contributed by atoms with Crippen LogP contribution in [-0.2, 0) is 0 Å². The van der Waals surface area contributed by atoms with Crippen molar-refractivity contribution >= 4 is 28.8 Å². The van der Waals surface area contributed by atoms with Crippen LogP contribution in [-0.4, -0.2) is 47.9 Å². The molecule has 23 heavy (non-hydrogen) atoms. The predicted molar refractivity (Wildman–Crippen MR) is 89.8 cm³/mol. The molecule has 0 spiro atoms. The number of nitrogens with two attached hydrogens (primary N) is 1. The fourth-order valence-corrected chi connectivity index (χ4v) is 3.33. The van der Waals surface area contributed by atoms with Crippen molar-refractivity contribution in [3.05, 3.63) is 46.4 Å². The Balaban J connectivity index is 1.70. The average Bonchev–Trinajstić information content (AvgIpc) is 2.99. The van der Waals surface area contributed by atoms with E-state index in [1.165, 1.54) is 11.3 Å². The van der Waals surface area contributed by atoms with Gasteiger partial charge in [-0.1, -0.05) is 0 Å². The molecular formula is C16H18N4O2S. The Morgan fingerprint density at radius 2 is 2.04 bits per heavy atom. The van der Waals surface area contributed by atoms with E-state index in [9.17, 15) is 9.59 Å². The maximum atomic E-state index is 12.4. The summed E-state index contributed by atoms with van der Waals surface area (Å²) >= 11 is 1.53. The summed E-state index contributed by atoms with van der Waals surface area (Å²) in [4.78, 5) is 31.7. The average molecular weight is 330 g/mol. The Labute approximate surface area is 138 Å². The van der Waals surface area contributed by atoms with Gasteiger partial charge in [-0.3, -0.25) is 14.6 Å². The molecule has 6 nitrogen and oxygen atoms in total. The second-order valence-corrected chi connectivity index (χ2v) is 6.19. The number of hydrogen-bond acceptors (Lipinski definition) is 5. The molecule has 1 aliphatic rings. The molecule has 120 valence electrons. The number of anilines is 1. The van der Waals surface area contributed by atoms with Gasteiger partial charge in [-0.25, -0.2) is 0 Å². The van der Waals surface area contributed by atoms with E-state index in [4.69, 9.17) is 5.73 Å². The van der Waals surface area contributed by atoms with E-state index < -0.39 is 5.91 Å². The summed E-state index contributed by atoms with van der Waals surface area (Å²) in [6, 6.07) is 5.43. The summed E-state index contributed by atoms with van der Waals surface area (Å²) in [5, 5.41) is 3.80. The number of nitrogens with zero attached hydrogens (tertiary/aromatic N) is 3. The van der Waals surface area contributed by atoms with Gasteiger partial charge in [-0.05, 0) is 30.0 Å². The summed E-state index contributed by atoms with van der Waals surface area (Å²) in [6.45, 7) is 2.94. The maximum absolute atomic E-state index is 12.4. The van der Waals surface area contributed by atoms with Gasteiger partial charge in [0.2, 0.25) is 0 Å². The quantitative estimate of drug-likeness (QED) is 0.927. The van der Waals surface area contributed by atoms with Gasteiger partial charge >= 0.3 is 0 Å². The van der Waals surface area contributed by atoms with Crippen LogP contribution in [0.1, 0.15) is 27.3 Å². The third kappa shape index (κ3) is 3.50. The van der Waals surface area contributed by atoms with E-state index in [1.54, 1.807) is 12.3 Å². The SMILES string of the molecule is NC(=O)c1cc(N2CCCN(C(=O)c3ccsc3)CC2)ccn1. The van der Waals surface area contributed by atoms with E-state index >= 15 is 0 Å². The number of rotatable bonds is 3. The van der Waals surface area contributed by atoms with Gasteiger partial charge < -0.3 is 15.5 Å². The number of hydrogen-bond donors (Lipinski definition) is 1. The normalized spacial score (nSPS) is 15.3. The van der Waals surface area contributed by atoms with Crippen LogP contribution >= 0.6 is 11.3 Å². The molecule has 0 unspecified atom stereocenters. The Morgan fingerprint density at radius 1 is 1.17 bits per heavy atom. The van der Waals surface area contributed by atoms with Crippen LogP contribution in [0.3, 0.4) is 0 Å². The first-order valence-electron chi connectivity index (χ1n) is 7.47. The van der Waals surface area contributed by atoms with Crippen molar-refractivity contribution in [3.8, 4) is 0 Å². The topological polar surface area (TPSA) is 79.5 Å². The molecule has 2 N–H and O–H groups in total. The molecule has 7 heteroatoms. The van der Waals surface area contributed by atoms with Gasteiger partial charge in [0.1, 0.15) is 5.69 Å². The van der Waals surface area contributed by atoms with E-state index in [1.807, 2.05) is 27.8 Å². The molecule has 0 bridgehead atoms. The minimum Gasteiger partial charge on any atom is -0.370 e. The van der Waals surface area contributed by atoms with Gasteiger partial charge in [0, 0.05) is 43.4 Å². The highest BCUT2D eigenvalue weighted by Crippen LogP contribution is 2.18. The molecule has 1 saturated heterocycles. The fraction of sp³-hybridized carbons (Fsp3) is 0.312. The number of aromatic nitrogens is 1. The molecule has 0 saturated carbocycles. The molecule has 1 fully saturated rings. The second-order valence-electron chi connectivity index (χ2n) is 5.41. The van der Waals surface area contributed by atoms with Crippen LogP contribution in [0.2, 0.25) is 0 Å². The first kappa shape index (κ1) is 15.5. The molecule has 2 aromatic heterocycles. The molecule has 2 amide bonds.